The van der Waals surface area contributed by atoms with Crippen LogP contribution in [-0.2, 0) is 18.4 Å². The Bertz CT molecular complexity index is 1050. The molecule has 0 aliphatic carbocycles. The summed E-state index contributed by atoms with van der Waals surface area (Å²) in [5, 5.41) is 11.4. The summed E-state index contributed by atoms with van der Waals surface area (Å²) in [4.78, 5) is 24.9. The van der Waals surface area contributed by atoms with E-state index in [9.17, 15) is 14.0 Å². The third kappa shape index (κ3) is 3.22. The van der Waals surface area contributed by atoms with Crippen LogP contribution in [0.1, 0.15) is 29.8 Å². The van der Waals surface area contributed by atoms with Gasteiger partial charge in [0.25, 0.3) is 5.56 Å². The van der Waals surface area contributed by atoms with Crippen molar-refractivity contribution in [3.05, 3.63) is 57.4 Å². The predicted molar refractivity (Wildman–Crippen MR) is 95.2 cm³/mol. The third-order valence-electron chi connectivity index (χ3n) is 4.33. The van der Waals surface area contributed by atoms with E-state index in [1.807, 2.05) is 0 Å². The van der Waals surface area contributed by atoms with Gasteiger partial charge in [0.1, 0.15) is 12.4 Å². The fourth-order valence-corrected chi connectivity index (χ4v) is 2.99. The van der Waals surface area contributed by atoms with Gasteiger partial charge in [-0.15, -0.1) is 0 Å². The van der Waals surface area contributed by atoms with Gasteiger partial charge in [-0.3, -0.25) is 14.3 Å². The molecule has 1 amide bonds. The van der Waals surface area contributed by atoms with Gasteiger partial charge in [0.2, 0.25) is 5.91 Å². The highest BCUT2D eigenvalue weighted by Crippen LogP contribution is 2.18. The third-order valence-corrected chi connectivity index (χ3v) is 4.33. The summed E-state index contributed by atoms with van der Waals surface area (Å²) in [6, 6.07) is 4.32. The predicted octanol–water partition coefficient (Wildman–Crippen LogP) is 1.76. The number of halogens is 1. The summed E-state index contributed by atoms with van der Waals surface area (Å²) in [5.74, 6) is -0.798. The second-order valence-electron chi connectivity index (χ2n) is 6.39. The van der Waals surface area contributed by atoms with Crippen molar-refractivity contribution < 1.29 is 9.18 Å². The lowest BCUT2D eigenvalue weighted by Crippen LogP contribution is -2.35. The first-order chi connectivity index (χ1) is 12.3. The zero-order valence-corrected chi connectivity index (χ0v) is 15.1. The zero-order chi connectivity index (χ0) is 19.0. The first kappa shape index (κ1) is 17.8. The number of hydrogen-bond donors (Lipinski definition) is 1. The van der Waals surface area contributed by atoms with Crippen LogP contribution in [0.4, 0.5) is 4.39 Å². The van der Waals surface area contributed by atoms with Crippen LogP contribution < -0.4 is 10.9 Å². The lowest BCUT2D eigenvalue weighted by Gasteiger charge is -2.15. The van der Waals surface area contributed by atoms with Gasteiger partial charge >= 0.3 is 0 Å². The second-order valence-corrected chi connectivity index (χ2v) is 6.39. The van der Waals surface area contributed by atoms with Crippen LogP contribution >= 0.6 is 0 Å². The fourth-order valence-electron chi connectivity index (χ4n) is 2.99. The number of nitrogens with zero attached hydrogens (tertiary/aromatic N) is 4. The number of carbonyl (C=O) groups excluding carboxylic acids is 1. The van der Waals surface area contributed by atoms with Crippen LogP contribution in [-0.4, -0.2) is 25.5 Å². The van der Waals surface area contributed by atoms with Gasteiger partial charge in [-0.25, -0.2) is 9.07 Å². The number of fused-ring (bicyclic) bond motifs is 1. The molecule has 7 nitrogen and oxygen atoms in total. The number of aryl methyl sites for hydroxylation is 3. The quantitative estimate of drug-likeness (QED) is 0.771. The molecule has 0 fully saturated rings. The molecule has 1 aromatic carbocycles. The van der Waals surface area contributed by atoms with Crippen molar-refractivity contribution in [3.8, 4) is 0 Å². The van der Waals surface area contributed by atoms with E-state index < -0.39 is 11.9 Å². The lowest BCUT2D eigenvalue weighted by atomic mass is 10.1. The molecule has 0 aliphatic rings. The number of benzene rings is 1. The summed E-state index contributed by atoms with van der Waals surface area (Å²) < 4.78 is 16.7. The van der Waals surface area contributed by atoms with Crippen LogP contribution in [0.25, 0.3) is 10.9 Å². The number of carbonyl (C=O) groups is 1. The molecule has 3 rings (SSSR count). The molecule has 2 aromatic heterocycles. The van der Waals surface area contributed by atoms with Gasteiger partial charge in [0.15, 0.2) is 0 Å². The zero-order valence-electron chi connectivity index (χ0n) is 15.1. The number of nitrogens with one attached hydrogen (secondary N) is 1. The average molecular weight is 357 g/mol. The van der Waals surface area contributed by atoms with E-state index in [0.29, 0.717) is 22.2 Å². The maximum Gasteiger partial charge on any atom is 0.278 e. The molecule has 0 spiro atoms. The van der Waals surface area contributed by atoms with Gasteiger partial charge in [-0.05, 0) is 32.4 Å². The van der Waals surface area contributed by atoms with Gasteiger partial charge in [-0.1, -0.05) is 12.1 Å². The summed E-state index contributed by atoms with van der Waals surface area (Å²) in [5.41, 5.74) is 2.01. The van der Waals surface area contributed by atoms with Crippen LogP contribution in [0.2, 0.25) is 0 Å². The Kier molecular flexibility index (Phi) is 4.58. The topological polar surface area (TPSA) is 81.8 Å². The number of aromatic nitrogens is 4. The largest absolute Gasteiger partial charge is 0.348 e. The molecule has 0 bridgehead atoms. The second kappa shape index (κ2) is 6.70. The van der Waals surface area contributed by atoms with E-state index in [1.54, 1.807) is 44.6 Å². The average Bonchev–Trinajstić information content (AvgIpc) is 2.84. The molecule has 0 unspecified atom stereocenters. The van der Waals surface area contributed by atoms with Gasteiger partial charge in [-0.2, -0.15) is 10.2 Å². The number of rotatable bonds is 4. The first-order valence-electron chi connectivity index (χ1n) is 8.22. The molecule has 0 saturated carbocycles. The highest BCUT2D eigenvalue weighted by Gasteiger charge is 2.17. The summed E-state index contributed by atoms with van der Waals surface area (Å²) in [6.45, 7) is 4.97. The molecule has 26 heavy (non-hydrogen) atoms. The van der Waals surface area contributed by atoms with Crippen molar-refractivity contribution in [2.75, 3.05) is 0 Å². The highest BCUT2D eigenvalue weighted by molar-refractivity contribution is 5.80. The Balaban J connectivity index is 1.80. The van der Waals surface area contributed by atoms with Gasteiger partial charge in [0, 0.05) is 12.6 Å². The maximum atomic E-state index is 14.0. The summed E-state index contributed by atoms with van der Waals surface area (Å²) >= 11 is 0. The highest BCUT2D eigenvalue weighted by atomic mass is 19.1. The van der Waals surface area contributed by atoms with Crippen molar-refractivity contribution in [2.24, 2.45) is 7.05 Å². The number of hydrogen-bond acceptors (Lipinski definition) is 4. The van der Waals surface area contributed by atoms with Crippen molar-refractivity contribution in [1.29, 1.82) is 0 Å². The molecule has 1 N–H and O–H groups in total. The molecule has 0 radical (unpaired) electrons. The standard InChI is InChI=1S/C18H20FN5O2/c1-10-5-6-13(14(19)7-10)11(2)21-16(25)9-24-18(26)17-12(3)22-23(4)15(17)8-20-24/h5-8,11H,9H2,1-4H3,(H,21,25)/t11-/m0/s1. The molecule has 2 heterocycles. The van der Waals surface area contributed by atoms with Crippen molar-refractivity contribution in [3.63, 3.8) is 0 Å². The van der Waals surface area contributed by atoms with E-state index in [4.69, 9.17) is 0 Å². The molecular weight excluding hydrogens is 337 g/mol. The molecule has 8 heteroatoms. The minimum absolute atomic E-state index is 0.249. The number of amides is 1. The lowest BCUT2D eigenvalue weighted by molar-refractivity contribution is -0.122. The molecule has 3 aromatic rings. The van der Waals surface area contributed by atoms with E-state index in [-0.39, 0.29) is 17.9 Å². The summed E-state index contributed by atoms with van der Waals surface area (Å²) in [6.07, 6.45) is 1.51. The van der Waals surface area contributed by atoms with Crippen molar-refractivity contribution >= 4 is 16.8 Å². The monoisotopic (exact) mass is 357 g/mol. The smallest absolute Gasteiger partial charge is 0.278 e. The molecular formula is C18H20FN5O2. The SMILES string of the molecule is Cc1ccc([C@H](C)NC(=O)Cn2ncc3c(c(C)nn3C)c2=O)c(F)c1. The van der Waals surface area contributed by atoms with E-state index in [1.165, 1.54) is 12.3 Å². The van der Waals surface area contributed by atoms with E-state index in [2.05, 4.69) is 15.5 Å². The Hall–Kier alpha value is -3.03. The minimum Gasteiger partial charge on any atom is -0.348 e. The van der Waals surface area contributed by atoms with E-state index in [0.717, 1.165) is 10.2 Å². The Labute approximate surface area is 149 Å². The Morgan fingerprint density at radius 3 is 2.77 bits per heavy atom. The minimum atomic E-state index is -0.525. The van der Waals surface area contributed by atoms with Crippen LogP contribution in [0.15, 0.2) is 29.2 Å². The Morgan fingerprint density at radius 2 is 2.08 bits per heavy atom. The van der Waals surface area contributed by atoms with Gasteiger partial charge < -0.3 is 5.32 Å². The van der Waals surface area contributed by atoms with Crippen molar-refractivity contribution in [1.82, 2.24) is 24.9 Å². The molecule has 0 aliphatic heterocycles. The molecule has 136 valence electrons. The fraction of sp³-hybridized carbons (Fsp3) is 0.333. The van der Waals surface area contributed by atoms with Crippen LogP contribution in [0.5, 0.6) is 0 Å². The van der Waals surface area contributed by atoms with Crippen LogP contribution in [0.3, 0.4) is 0 Å². The Morgan fingerprint density at radius 1 is 1.35 bits per heavy atom. The van der Waals surface area contributed by atoms with E-state index >= 15 is 0 Å². The van der Waals surface area contributed by atoms with Crippen molar-refractivity contribution in [2.45, 2.75) is 33.4 Å². The molecule has 1 atom stereocenters. The summed E-state index contributed by atoms with van der Waals surface area (Å²) in [7, 11) is 1.73. The molecule has 0 saturated heterocycles. The normalized spacial score (nSPS) is 12.3. The van der Waals surface area contributed by atoms with Crippen LogP contribution in [0, 0.1) is 19.7 Å². The maximum absolute atomic E-state index is 14.0. The van der Waals surface area contributed by atoms with Gasteiger partial charge in [0.05, 0.1) is 28.8 Å². The first-order valence-corrected chi connectivity index (χ1v) is 8.22.